The van der Waals surface area contributed by atoms with Gasteiger partial charge in [0.1, 0.15) is 5.75 Å². The van der Waals surface area contributed by atoms with Crippen LogP contribution in [0.3, 0.4) is 0 Å². The van der Waals surface area contributed by atoms with Crippen molar-refractivity contribution in [1.29, 1.82) is 0 Å². The number of carbonyl (C=O) groups excluding carboxylic acids is 1. The number of hydrogen-bond acceptors (Lipinski definition) is 3. The molecule has 0 saturated heterocycles. The molecule has 1 aromatic rings. The molecular formula is C15H24O3Si. The van der Waals surface area contributed by atoms with Crippen molar-refractivity contribution >= 4 is 14.3 Å². The van der Waals surface area contributed by atoms with Crippen molar-refractivity contribution in [3.63, 3.8) is 0 Å². The summed E-state index contributed by atoms with van der Waals surface area (Å²) in [4.78, 5) is 11.4. The Morgan fingerprint density at radius 1 is 1.21 bits per heavy atom. The highest BCUT2D eigenvalue weighted by atomic mass is 28.4. The molecule has 0 aliphatic rings. The smallest absolute Gasteiger partial charge is 0.310 e. The highest BCUT2D eigenvalue weighted by molar-refractivity contribution is 6.74. The third kappa shape index (κ3) is 4.09. The lowest BCUT2D eigenvalue weighted by atomic mass is 10.1. The fraction of sp³-hybridized carbons (Fsp3) is 0.533. The molecule has 4 heteroatoms. The average Bonchev–Trinajstić information content (AvgIpc) is 2.29. The molecule has 106 valence electrons. The van der Waals surface area contributed by atoms with Crippen LogP contribution in [-0.4, -0.2) is 21.4 Å². The molecule has 0 aliphatic carbocycles. The summed E-state index contributed by atoms with van der Waals surface area (Å²) in [5, 5.41) is 0.130. The van der Waals surface area contributed by atoms with E-state index in [2.05, 4.69) is 33.9 Å². The maximum Gasteiger partial charge on any atom is 0.310 e. The Balaban J connectivity index is 2.99. The van der Waals surface area contributed by atoms with Gasteiger partial charge < -0.3 is 9.16 Å². The number of methoxy groups -OCH3 is 1. The van der Waals surface area contributed by atoms with Gasteiger partial charge in [0, 0.05) is 5.56 Å². The van der Waals surface area contributed by atoms with Gasteiger partial charge in [-0.05, 0) is 24.2 Å². The van der Waals surface area contributed by atoms with Gasteiger partial charge >= 0.3 is 5.97 Å². The van der Waals surface area contributed by atoms with Gasteiger partial charge in [0.2, 0.25) is 8.32 Å². The van der Waals surface area contributed by atoms with Gasteiger partial charge in [-0.15, -0.1) is 0 Å². The molecule has 0 heterocycles. The summed E-state index contributed by atoms with van der Waals surface area (Å²) in [5.74, 6) is 0.561. The van der Waals surface area contributed by atoms with Crippen LogP contribution in [-0.2, 0) is 16.0 Å². The van der Waals surface area contributed by atoms with Gasteiger partial charge in [-0.1, -0.05) is 39.0 Å². The molecule has 0 radical (unpaired) electrons. The number of esters is 1. The van der Waals surface area contributed by atoms with Crippen molar-refractivity contribution < 1.29 is 14.0 Å². The third-order valence-electron chi connectivity index (χ3n) is 3.71. The number of para-hydroxylation sites is 1. The molecule has 1 rings (SSSR count). The van der Waals surface area contributed by atoms with Gasteiger partial charge in [-0.3, -0.25) is 4.79 Å². The summed E-state index contributed by atoms with van der Waals surface area (Å²) in [6.45, 7) is 11.0. The first-order chi connectivity index (χ1) is 8.67. The molecule has 0 atom stereocenters. The minimum Gasteiger partial charge on any atom is -0.543 e. The molecule has 0 fully saturated rings. The lowest BCUT2D eigenvalue weighted by Crippen LogP contribution is -2.44. The molecule has 0 bridgehead atoms. The van der Waals surface area contributed by atoms with Crippen LogP contribution in [0, 0.1) is 0 Å². The Morgan fingerprint density at radius 3 is 2.32 bits per heavy atom. The van der Waals surface area contributed by atoms with E-state index in [1.54, 1.807) is 0 Å². The van der Waals surface area contributed by atoms with Gasteiger partial charge in [0.15, 0.2) is 0 Å². The second-order valence-corrected chi connectivity index (χ2v) is 10.9. The molecule has 0 aliphatic heterocycles. The van der Waals surface area contributed by atoms with Crippen molar-refractivity contribution in [2.75, 3.05) is 7.11 Å². The normalized spacial score (nSPS) is 12.1. The predicted molar refractivity (Wildman–Crippen MR) is 80.0 cm³/mol. The Kier molecular flexibility index (Phi) is 4.79. The zero-order valence-electron chi connectivity index (χ0n) is 12.7. The number of ether oxygens (including phenoxy) is 1. The summed E-state index contributed by atoms with van der Waals surface area (Å²) in [5.41, 5.74) is 0.888. The van der Waals surface area contributed by atoms with Crippen LogP contribution in [0.1, 0.15) is 26.3 Å². The Bertz CT molecular complexity index is 447. The molecule has 3 nitrogen and oxygen atoms in total. The van der Waals surface area contributed by atoms with Crippen molar-refractivity contribution in [3.8, 4) is 5.75 Å². The number of hydrogen-bond donors (Lipinski definition) is 0. The van der Waals surface area contributed by atoms with E-state index in [0.717, 1.165) is 11.3 Å². The molecule has 0 spiro atoms. The minimum absolute atomic E-state index is 0.130. The summed E-state index contributed by atoms with van der Waals surface area (Å²) >= 11 is 0. The van der Waals surface area contributed by atoms with Gasteiger partial charge in [0.05, 0.1) is 13.5 Å². The quantitative estimate of drug-likeness (QED) is 0.622. The Morgan fingerprint density at radius 2 is 1.79 bits per heavy atom. The maximum atomic E-state index is 11.4. The van der Waals surface area contributed by atoms with E-state index in [4.69, 9.17) is 9.16 Å². The molecule has 0 N–H and O–H groups in total. The first-order valence-electron chi connectivity index (χ1n) is 6.51. The maximum absolute atomic E-state index is 11.4. The highest BCUT2D eigenvalue weighted by Crippen LogP contribution is 2.38. The Hall–Kier alpha value is -1.29. The van der Waals surface area contributed by atoms with Crippen molar-refractivity contribution in [2.24, 2.45) is 0 Å². The van der Waals surface area contributed by atoms with E-state index in [1.807, 2.05) is 24.3 Å². The zero-order chi connectivity index (χ0) is 14.7. The van der Waals surface area contributed by atoms with E-state index in [1.165, 1.54) is 7.11 Å². The summed E-state index contributed by atoms with van der Waals surface area (Å²) in [6, 6.07) is 7.69. The topological polar surface area (TPSA) is 35.5 Å². The lowest BCUT2D eigenvalue weighted by molar-refractivity contribution is -0.139. The van der Waals surface area contributed by atoms with E-state index in [-0.39, 0.29) is 17.4 Å². The molecule has 0 unspecified atom stereocenters. The van der Waals surface area contributed by atoms with E-state index in [9.17, 15) is 4.79 Å². The van der Waals surface area contributed by atoms with Crippen LogP contribution in [0.5, 0.6) is 5.75 Å². The summed E-state index contributed by atoms with van der Waals surface area (Å²) < 4.78 is 11.0. The van der Waals surface area contributed by atoms with Crippen LogP contribution in [0.25, 0.3) is 0 Å². The minimum atomic E-state index is -1.89. The van der Waals surface area contributed by atoms with Crippen LogP contribution >= 0.6 is 0 Å². The second kappa shape index (κ2) is 5.78. The molecule has 0 aromatic heterocycles. The summed E-state index contributed by atoms with van der Waals surface area (Å²) in [7, 11) is -0.488. The van der Waals surface area contributed by atoms with Crippen LogP contribution in [0.2, 0.25) is 18.1 Å². The molecular weight excluding hydrogens is 256 g/mol. The Labute approximate surface area is 117 Å². The zero-order valence-corrected chi connectivity index (χ0v) is 13.7. The third-order valence-corrected chi connectivity index (χ3v) is 8.05. The number of benzene rings is 1. The largest absolute Gasteiger partial charge is 0.543 e. The molecule has 0 saturated carbocycles. The lowest BCUT2D eigenvalue weighted by Gasteiger charge is -2.37. The SMILES string of the molecule is COC(=O)Cc1ccccc1O[Si](C)(C)C(C)(C)C. The van der Waals surface area contributed by atoms with Gasteiger partial charge in [-0.25, -0.2) is 0 Å². The monoisotopic (exact) mass is 280 g/mol. The average molecular weight is 280 g/mol. The fourth-order valence-corrected chi connectivity index (χ4v) is 2.46. The molecule has 1 aromatic carbocycles. The van der Waals surface area contributed by atoms with Crippen molar-refractivity contribution in [2.45, 2.75) is 45.3 Å². The predicted octanol–water partition coefficient (Wildman–Crippen LogP) is 3.79. The van der Waals surface area contributed by atoms with Crippen LogP contribution in [0.4, 0.5) is 0 Å². The molecule has 0 amide bonds. The first kappa shape index (κ1) is 15.8. The summed E-state index contributed by atoms with van der Waals surface area (Å²) in [6.07, 6.45) is 0.251. The first-order valence-corrected chi connectivity index (χ1v) is 9.42. The van der Waals surface area contributed by atoms with Crippen LogP contribution < -0.4 is 4.43 Å². The van der Waals surface area contributed by atoms with Crippen molar-refractivity contribution in [3.05, 3.63) is 29.8 Å². The number of carbonyl (C=O) groups is 1. The fourth-order valence-electron chi connectivity index (χ4n) is 1.41. The molecule has 19 heavy (non-hydrogen) atoms. The number of rotatable bonds is 4. The highest BCUT2D eigenvalue weighted by Gasteiger charge is 2.39. The second-order valence-electron chi connectivity index (χ2n) is 6.22. The van der Waals surface area contributed by atoms with Gasteiger partial charge in [-0.2, -0.15) is 0 Å². The van der Waals surface area contributed by atoms with E-state index < -0.39 is 8.32 Å². The van der Waals surface area contributed by atoms with Crippen molar-refractivity contribution in [1.82, 2.24) is 0 Å². The van der Waals surface area contributed by atoms with E-state index in [0.29, 0.717) is 0 Å². The standard InChI is InChI=1S/C15H24O3Si/c1-15(2,3)19(5,6)18-13-10-8-7-9-12(13)11-14(16)17-4/h7-10H,11H2,1-6H3. The van der Waals surface area contributed by atoms with Gasteiger partial charge in [0.25, 0.3) is 0 Å². The van der Waals surface area contributed by atoms with E-state index >= 15 is 0 Å². The van der Waals surface area contributed by atoms with Crippen LogP contribution in [0.15, 0.2) is 24.3 Å².